The maximum atomic E-state index is 9.90. The molecule has 114 valence electrons. The Hall–Kier alpha value is -0.750. The zero-order chi connectivity index (χ0) is 15.5. The third-order valence-electron chi connectivity index (χ3n) is 1.37. The van der Waals surface area contributed by atoms with E-state index in [-0.39, 0.29) is 19.2 Å². The van der Waals surface area contributed by atoms with Gasteiger partial charge in [-0.25, -0.2) is 10.5 Å². The molecule has 3 unspecified atom stereocenters. The fraction of sp³-hybridized carbons (Fsp3) is 0.714. The highest BCUT2D eigenvalue weighted by atomic mass is 31.2. The van der Waals surface area contributed by atoms with Gasteiger partial charge in [0.2, 0.25) is 0 Å². The van der Waals surface area contributed by atoms with Crippen molar-refractivity contribution in [1.82, 2.24) is 0 Å². The third-order valence-corrected chi connectivity index (χ3v) is 1.86. The SMILES string of the molecule is NOCC(O)C(O)C=O.O=CC(O)COP(=O)(O)O. The lowest BCUT2D eigenvalue weighted by molar-refractivity contribution is -0.123. The van der Waals surface area contributed by atoms with Crippen LogP contribution in [0.1, 0.15) is 0 Å². The largest absolute Gasteiger partial charge is 0.469 e. The van der Waals surface area contributed by atoms with Gasteiger partial charge in [0.15, 0.2) is 12.6 Å². The van der Waals surface area contributed by atoms with E-state index in [0.717, 1.165) is 0 Å². The van der Waals surface area contributed by atoms with E-state index in [1.54, 1.807) is 0 Å². The van der Waals surface area contributed by atoms with Crippen molar-refractivity contribution in [3.05, 3.63) is 0 Å². The van der Waals surface area contributed by atoms with E-state index in [0.29, 0.717) is 0 Å². The summed E-state index contributed by atoms with van der Waals surface area (Å²) in [6, 6.07) is 0. The van der Waals surface area contributed by atoms with Crippen LogP contribution in [0.2, 0.25) is 0 Å². The molecule has 12 heteroatoms. The lowest BCUT2D eigenvalue weighted by atomic mass is 10.2. The van der Waals surface area contributed by atoms with Crippen LogP contribution in [0.15, 0.2) is 0 Å². The molecule has 11 nitrogen and oxygen atoms in total. The molecule has 0 aromatic rings. The standard InChI is InChI=1S/C4H9NO4.C3H7O6P/c5-9-2-4(8)3(7)1-6;4-1-3(5)2-9-10(6,7)8/h1,3-4,7-8H,2,5H2;1,3,5H,2H2,(H2,6,7,8). The Morgan fingerprint density at radius 3 is 1.95 bits per heavy atom. The van der Waals surface area contributed by atoms with Gasteiger partial charge in [-0.15, -0.1) is 0 Å². The van der Waals surface area contributed by atoms with Crippen LogP contribution in [0.4, 0.5) is 0 Å². The molecule has 0 aromatic heterocycles. The van der Waals surface area contributed by atoms with Crippen LogP contribution in [-0.2, 0) is 23.5 Å². The van der Waals surface area contributed by atoms with Gasteiger partial charge in [0.05, 0.1) is 13.2 Å². The Kier molecular flexibility index (Phi) is 12.0. The number of aldehydes is 2. The van der Waals surface area contributed by atoms with Crippen LogP contribution in [0.3, 0.4) is 0 Å². The molecule has 0 saturated heterocycles. The second-order valence-corrected chi connectivity index (χ2v) is 4.26. The Morgan fingerprint density at radius 2 is 1.63 bits per heavy atom. The summed E-state index contributed by atoms with van der Waals surface area (Å²) in [6.07, 6.45) is -3.78. The zero-order valence-electron chi connectivity index (χ0n) is 9.60. The van der Waals surface area contributed by atoms with Gasteiger partial charge in [0.1, 0.15) is 18.3 Å². The molecule has 0 aromatic carbocycles. The van der Waals surface area contributed by atoms with Gasteiger partial charge >= 0.3 is 7.82 Å². The minimum absolute atomic E-state index is 0.121. The summed E-state index contributed by atoms with van der Waals surface area (Å²) in [5.41, 5.74) is 0. The van der Waals surface area contributed by atoms with Crippen molar-refractivity contribution in [3.63, 3.8) is 0 Å². The van der Waals surface area contributed by atoms with Gasteiger partial charge in [0, 0.05) is 0 Å². The first-order valence-corrected chi connectivity index (χ1v) is 6.17. The number of hydrogen-bond donors (Lipinski definition) is 6. The topological polar surface area (TPSA) is 197 Å². The molecule has 0 aliphatic rings. The first-order valence-electron chi connectivity index (χ1n) is 4.64. The molecule has 0 aliphatic heterocycles. The van der Waals surface area contributed by atoms with Crippen molar-refractivity contribution in [2.45, 2.75) is 18.3 Å². The number of hydrogen-bond acceptors (Lipinski definition) is 9. The van der Waals surface area contributed by atoms with Crippen molar-refractivity contribution < 1.29 is 48.6 Å². The summed E-state index contributed by atoms with van der Waals surface area (Å²) >= 11 is 0. The first kappa shape index (κ1) is 20.6. The van der Waals surface area contributed by atoms with E-state index in [1.165, 1.54) is 0 Å². The van der Waals surface area contributed by atoms with Gasteiger partial charge in [0.25, 0.3) is 0 Å². The third kappa shape index (κ3) is 15.2. The van der Waals surface area contributed by atoms with Gasteiger partial charge in [-0.2, -0.15) is 0 Å². The fourth-order valence-corrected chi connectivity index (χ4v) is 0.848. The number of aliphatic hydroxyl groups excluding tert-OH is 3. The van der Waals surface area contributed by atoms with Crippen LogP contribution >= 0.6 is 7.82 Å². The molecule has 19 heavy (non-hydrogen) atoms. The number of phosphoric ester groups is 1. The Labute approximate surface area is 107 Å². The number of phosphoric acid groups is 1. The Morgan fingerprint density at radius 1 is 1.11 bits per heavy atom. The molecular formula is C7H16NO10P. The molecule has 0 aliphatic carbocycles. The van der Waals surface area contributed by atoms with Crippen molar-refractivity contribution >= 4 is 20.4 Å². The van der Waals surface area contributed by atoms with Gasteiger partial charge in [-0.05, 0) is 0 Å². The number of carbonyl (C=O) groups excluding carboxylic acids is 2. The van der Waals surface area contributed by atoms with E-state index >= 15 is 0 Å². The van der Waals surface area contributed by atoms with E-state index < -0.39 is 32.7 Å². The maximum Gasteiger partial charge on any atom is 0.469 e. The van der Waals surface area contributed by atoms with E-state index in [4.69, 9.17) is 25.1 Å². The van der Waals surface area contributed by atoms with Gasteiger partial charge in [-0.1, -0.05) is 0 Å². The van der Waals surface area contributed by atoms with Crippen molar-refractivity contribution in [2.75, 3.05) is 13.2 Å². The highest BCUT2D eigenvalue weighted by Gasteiger charge is 2.15. The zero-order valence-corrected chi connectivity index (χ0v) is 10.5. The molecule has 0 bridgehead atoms. The quantitative estimate of drug-likeness (QED) is 0.147. The summed E-state index contributed by atoms with van der Waals surface area (Å²) in [5, 5.41) is 25.5. The summed E-state index contributed by atoms with van der Waals surface area (Å²) in [6.45, 7) is -0.937. The number of carbonyl (C=O) groups is 2. The summed E-state index contributed by atoms with van der Waals surface area (Å²) in [4.78, 5) is 39.4. The predicted molar refractivity (Wildman–Crippen MR) is 58.3 cm³/mol. The monoisotopic (exact) mass is 305 g/mol. The lowest BCUT2D eigenvalue weighted by Crippen LogP contribution is -2.32. The number of rotatable bonds is 8. The molecule has 3 atom stereocenters. The van der Waals surface area contributed by atoms with E-state index in [9.17, 15) is 14.2 Å². The molecule has 0 amide bonds. The Balaban J connectivity index is 0. The maximum absolute atomic E-state index is 9.90. The smallest absolute Gasteiger partial charge is 0.387 e. The van der Waals surface area contributed by atoms with Crippen molar-refractivity contribution in [2.24, 2.45) is 5.90 Å². The van der Waals surface area contributed by atoms with Gasteiger partial charge < -0.3 is 39.5 Å². The molecule has 0 heterocycles. The predicted octanol–water partition coefficient (Wildman–Crippen LogP) is -3.55. The van der Waals surface area contributed by atoms with Crippen molar-refractivity contribution in [1.29, 1.82) is 0 Å². The molecule has 0 radical (unpaired) electrons. The normalized spacial score (nSPS) is 15.7. The molecule has 0 spiro atoms. The Bertz CT molecular complexity index is 294. The van der Waals surface area contributed by atoms with Gasteiger partial charge in [-0.3, -0.25) is 4.52 Å². The van der Waals surface area contributed by atoms with Crippen LogP contribution in [0, 0.1) is 0 Å². The number of nitrogens with two attached hydrogens (primary N) is 1. The molecule has 7 N–H and O–H groups in total. The molecule has 0 fully saturated rings. The molecular weight excluding hydrogens is 289 g/mol. The van der Waals surface area contributed by atoms with E-state index in [1.807, 2.05) is 0 Å². The summed E-state index contributed by atoms with van der Waals surface area (Å²) in [7, 11) is -4.55. The molecule has 0 rings (SSSR count). The lowest BCUT2D eigenvalue weighted by Gasteiger charge is -2.09. The average molecular weight is 305 g/mol. The fourth-order valence-electron chi connectivity index (χ4n) is 0.501. The minimum atomic E-state index is -4.55. The summed E-state index contributed by atoms with van der Waals surface area (Å²) in [5.74, 6) is 4.53. The summed E-state index contributed by atoms with van der Waals surface area (Å²) < 4.78 is 13.7. The van der Waals surface area contributed by atoms with Crippen LogP contribution in [0.25, 0.3) is 0 Å². The number of aliphatic hydroxyl groups is 3. The highest BCUT2D eigenvalue weighted by molar-refractivity contribution is 7.46. The van der Waals surface area contributed by atoms with Crippen molar-refractivity contribution in [3.8, 4) is 0 Å². The highest BCUT2D eigenvalue weighted by Crippen LogP contribution is 2.35. The van der Waals surface area contributed by atoms with Crippen LogP contribution in [0.5, 0.6) is 0 Å². The van der Waals surface area contributed by atoms with E-state index in [2.05, 4.69) is 15.3 Å². The van der Waals surface area contributed by atoms with Crippen LogP contribution in [-0.4, -0.2) is 69.2 Å². The molecule has 0 saturated carbocycles. The van der Waals surface area contributed by atoms with Crippen LogP contribution < -0.4 is 5.90 Å². The second-order valence-electron chi connectivity index (χ2n) is 3.02. The second kappa shape index (κ2) is 11.1. The minimum Gasteiger partial charge on any atom is -0.387 e. The first-order chi connectivity index (χ1) is 8.67. The average Bonchev–Trinajstić information content (AvgIpc) is 2.35.